The molecule has 1 N–H and O–H groups in total. The highest BCUT2D eigenvalue weighted by Gasteiger charge is 2.28. The van der Waals surface area contributed by atoms with Crippen LogP contribution in [0.2, 0.25) is 0 Å². The van der Waals surface area contributed by atoms with E-state index in [-0.39, 0.29) is 29.8 Å². The second-order valence-corrected chi connectivity index (χ2v) is 9.34. The molecular formula is C23H30N2O5S. The topological polar surface area (TPSA) is 84.9 Å². The second kappa shape index (κ2) is 10.6. The Kier molecular flexibility index (Phi) is 7.92. The standard InChI is InChI=1S/C23H30N2O5S/c1-29-21-13-12-20(17-22(21)30-2)31(27,28)24-15-14-23(26)25-16-6-9-19(25)11-10-18-7-4-3-5-8-18/h3-5,7-8,12-13,17,19,24H,6,9-11,14-16H2,1-2H3. The summed E-state index contributed by atoms with van der Waals surface area (Å²) in [6, 6.07) is 14.9. The largest absolute Gasteiger partial charge is 0.493 e. The Bertz CT molecular complexity index is 979. The molecule has 168 valence electrons. The van der Waals surface area contributed by atoms with Gasteiger partial charge in [-0.25, -0.2) is 13.1 Å². The predicted octanol–water partition coefficient (Wildman–Crippen LogP) is 3.00. The highest BCUT2D eigenvalue weighted by atomic mass is 32.2. The molecule has 2 aromatic rings. The van der Waals surface area contributed by atoms with Crippen molar-refractivity contribution in [2.45, 2.75) is 43.0 Å². The zero-order valence-corrected chi connectivity index (χ0v) is 18.9. The van der Waals surface area contributed by atoms with E-state index in [4.69, 9.17) is 9.47 Å². The van der Waals surface area contributed by atoms with Crippen molar-refractivity contribution in [2.75, 3.05) is 27.3 Å². The Morgan fingerprint density at radius 3 is 2.55 bits per heavy atom. The van der Waals surface area contributed by atoms with Gasteiger partial charge in [-0.3, -0.25) is 4.79 Å². The lowest BCUT2D eigenvalue weighted by Crippen LogP contribution is -2.38. The summed E-state index contributed by atoms with van der Waals surface area (Å²) in [7, 11) is -0.817. The van der Waals surface area contributed by atoms with Crippen LogP contribution in [0.25, 0.3) is 0 Å². The monoisotopic (exact) mass is 446 g/mol. The molecule has 1 aliphatic heterocycles. The first kappa shape index (κ1) is 23.1. The smallest absolute Gasteiger partial charge is 0.240 e. The van der Waals surface area contributed by atoms with Crippen molar-refractivity contribution in [2.24, 2.45) is 0 Å². The van der Waals surface area contributed by atoms with Crippen LogP contribution < -0.4 is 14.2 Å². The van der Waals surface area contributed by atoms with E-state index in [1.165, 1.54) is 31.9 Å². The molecule has 1 heterocycles. The number of carbonyl (C=O) groups is 1. The highest BCUT2D eigenvalue weighted by molar-refractivity contribution is 7.89. The van der Waals surface area contributed by atoms with Gasteiger partial charge in [0.2, 0.25) is 15.9 Å². The third-order valence-electron chi connectivity index (χ3n) is 5.60. The molecule has 0 spiro atoms. The van der Waals surface area contributed by atoms with E-state index >= 15 is 0 Å². The maximum Gasteiger partial charge on any atom is 0.240 e. The lowest BCUT2D eigenvalue weighted by Gasteiger charge is -2.25. The fraction of sp³-hybridized carbons (Fsp3) is 0.435. The molecule has 0 bridgehead atoms. The van der Waals surface area contributed by atoms with Gasteiger partial charge in [-0.2, -0.15) is 0 Å². The molecule has 1 saturated heterocycles. The third kappa shape index (κ3) is 5.98. The number of nitrogens with one attached hydrogen (secondary N) is 1. The minimum atomic E-state index is -3.75. The number of carbonyl (C=O) groups excluding carboxylic acids is 1. The first-order valence-corrected chi connectivity index (χ1v) is 12.0. The van der Waals surface area contributed by atoms with Crippen molar-refractivity contribution in [1.29, 1.82) is 0 Å². The minimum absolute atomic E-state index is 0.00873. The number of sulfonamides is 1. The van der Waals surface area contributed by atoms with Crippen molar-refractivity contribution >= 4 is 15.9 Å². The van der Waals surface area contributed by atoms with Gasteiger partial charge < -0.3 is 14.4 Å². The van der Waals surface area contributed by atoms with Crippen LogP contribution in [0.1, 0.15) is 31.2 Å². The van der Waals surface area contributed by atoms with Gasteiger partial charge in [0.15, 0.2) is 11.5 Å². The van der Waals surface area contributed by atoms with Crippen LogP contribution in [0.5, 0.6) is 11.5 Å². The first-order chi connectivity index (χ1) is 14.9. The first-order valence-electron chi connectivity index (χ1n) is 10.5. The fourth-order valence-electron chi connectivity index (χ4n) is 3.95. The van der Waals surface area contributed by atoms with Crippen molar-refractivity contribution in [3.05, 3.63) is 54.1 Å². The van der Waals surface area contributed by atoms with Crippen LogP contribution in [0.4, 0.5) is 0 Å². The highest BCUT2D eigenvalue weighted by Crippen LogP contribution is 2.29. The van der Waals surface area contributed by atoms with Crippen LogP contribution in [0.15, 0.2) is 53.4 Å². The van der Waals surface area contributed by atoms with E-state index in [1.807, 2.05) is 23.1 Å². The lowest BCUT2D eigenvalue weighted by atomic mass is 10.0. The summed E-state index contributed by atoms with van der Waals surface area (Å²) in [4.78, 5) is 14.7. The summed E-state index contributed by atoms with van der Waals surface area (Å²) >= 11 is 0. The summed E-state index contributed by atoms with van der Waals surface area (Å²) in [5.74, 6) is 0.776. The van der Waals surface area contributed by atoms with Gasteiger partial charge in [0.25, 0.3) is 0 Å². The molecule has 8 heteroatoms. The molecule has 31 heavy (non-hydrogen) atoms. The van der Waals surface area contributed by atoms with E-state index in [0.29, 0.717) is 11.5 Å². The zero-order valence-electron chi connectivity index (χ0n) is 18.0. The summed E-state index contributed by atoms with van der Waals surface area (Å²) in [5, 5.41) is 0. The Labute approximate surface area is 184 Å². The van der Waals surface area contributed by atoms with Crippen molar-refractivity contribution in [1.82, 2.24) is 9.62 Å². The van der Waals surface area contributed by atoms with Crippen molar-refractivity contribution in [3.63, 3.8) is 0 Å². The molecule has 1 atom stereocenters. The number of methoxy groups -OCH3 is 2. The van der Waals surface area contributed by atoms with E-state index in [1.54, 1.807) is 6.07 Å². The maximum atomic E-state index is 12.7. The lowest BCUT2D eigenvalue weighted by molar-refractivity contribution is -0.131. The molecule has 3 rings (SSSR count). The summed E-state index contributed by atoms with van der Waals surface area (Å²) < 4.78 is 38.0. The van der Waals surface area contributed by atoms with E-state index in [9.17, 15) is 13.2 Å². The molecule has 0 aliphatic carbocycles. The van der Waals surface area contributed by atoms with Gasteiger partial charge in [0, 0.05) is 31.6 Å². The minimum Gasteiger partial charge on any atom is -0.493 e. The molecule has 1 fully saturated rings. The summed E-state index contributed by atoms with van der Waals surface area (Å²) in [5.41, 5.74) is 1.27. The zero-order chi connectivity index (χ0) is 22.3. The van der Waals surface area contributed by atoms with Gasteiger partial charge in [0.1, 0.15) is 0 Å². The molecule has 2 aromatic carbocycles. The quantitative estimate of drug-likeness (QED) is 0.607. The van der Waals surface area contributed by atoms with Gasteiger partial charge in [-0.05, 0) is 43.4 Å². The van der Waals surface area contributed by atoms with Crippen LogP contribution in [0.3, 0.4) is 0 Å². The SMILES string of the molecule is COc1ccc(S(=O)(=O)NCCC(=O)N2CCCC2CCc2ccccc2)cc1OC. The molecule has 1 amide bonds. The number of rotatable bonds is 10. The van der Waals surface area contributed by atoms with Gasteiger partial charge in [-0.15, -0.1) is 0 Å². The number of ether oxygens (including phenoxy) is 2. The predicted molar refractivity (Wildman–Crippen MR) is 119 cm³/mol. The third-order valence-corrected chi connectivity index (χ3v) is 7.06. The Balaban J connectivity index is 1.52. The van der Waals surface area contributed by atoms with Crippen molar-refractivity contribution < 1.29 is 22.7 Å². The Morgan fingerprint density at radius 1 is 1.10 bits per heavy atom. The summed E-state index contributed by atoms with van der Waals surface area (Å²) in [6.07, 6.45) is 3.97. The van der Waals surface area contributed by atoms with Crippen LogP contribution in [-0.2, 0) is 21.2 Å². The van der Waals surface area contributed by atoms with E-state index in [2.05, 4.69) is 16.9 Å². The second-order valence-electron chi connectivity index (χ2n) is 7.57. The number of hydrogen-bond acceptors (Lipinski definition) is 5. The molecular weight excluding hydrogens is 416 g/mol. The number of amides is 1. The van der Waals surface area contributed by atoms with Gasteiger partial charge >= 0.3 is 0 Å². The van der Waals surface area contributed by atoms with E-state index in [0.717, 1.165) is 32.2 Å². The maximum absolute atomic E-state index is 12.7. The molecule has 0 saturated carbocycles. The number of likely N-dealkylation sites (tertiary alicyclic amines) is 1. The molecule has 1 aliphatic rings. The van der Waals surface area contributed by atoms with Crippen LogP contribution in [0, 0.1) is 0 Å². The fourth-order valence-corrected chi connectivity index (χ4v) is 4.99. The van der Waals surface area contributed by atoms with Crippen molar-refractivity contribution in [3.8, 4) is 11.5 Å². The average molecular weight is 447 g/mol. The number of nitrogens with zero attached hydrogens (tertiary/aromatic N) is 1. The van der Waals surface area contributed by atoms with Gasteiger partial charge in [-0.1, -0.05) is 30.3 Å². The number of hydrogen-bond donors (Lipinski definition) is 1. The molecule has 0 aromatic heterocycles. The number of benzene rings is 2. The van der Waals surface area contributed by atoms with Crippen LogP contribution in [-0.4, -0.2) is 52.6 Å². The molecule has 0 radical (unpaired) electrons. The average Bonchev–Trinajstić information content (AvgIpc) is 3.26. The molecule has 1 unspecified atom stereocenters. The molecule has 7 nitrogen and oxygen atoms in total. The summed E-state index contributed by atoms with van der Waals surface area (Å²) in [6.45, 7) is 0.790. The Morgan fingerprint density at radius 2 is 1.84 bits per heavy atom. The number of aryl methyl sites for hydroxylation is 1. The Hall–Kier alpha value is -2.58. The van der Waals surface area contributed by atoms with E-state index < -0.39 is 10.0 Å². The van der Waals surface area contributed by atoms with Gasteiger partial charge in [0.05, 0.1) is 19.1 Å². The normalized spacial score (nSPS) is 16.3. The van der Waals surface area contributed by atoms with Crippen LogP contribution >= 0.6 is 0 Å².